The number of rotatable bonds is 3. The Hall–Kier alpha value is -1.22. The van der Waals surface area contributed by atoms with E-state index >= 15 is 0 Å². The van der Waals surface area contributed by atoms with Gasteiger partial charge in [-0.1, -0.05) is 17.7 Å². The number of nitrogens with zero attached hydrogens (tertiary/aromatic N) is 2. The van der Waals surface area contributed by atoms with Crippen molar-refractivity contribution in [3.8, 4) is 0 Å². The molecule has 0 saturated carbocycles. The third-order valence-electron chi connectivity index (χ3n) is 1.14. The summed E-state index contributed by atoms with van der Waals surface area (Å²) in [6.45, 7) is 0. The molecule has 1 aromatic heterocycles. The summed E-state index contributed by atoms with van der Waals surface area (Å²) in [5, 5.41) is 0.502. The van der Waals surface area contributed by atoms with Crippen molar-refractivity contribution in [3.05, 3.63) is 29.3 Å². The summed E-state index contributed by atoms with van der Waals surface area (Å²) in [6, 6.07) is 0. The average Bonchev–Trinajstić information content (AvgIpc) is 2.09. The lowest BCUT2D eigenvalue weighted by molar-refractivity contribution is -0.107. The van der Waals surface area contributed by atoms with E-state index in [1.165, 1.54) is 12.4 Å². The Labute approximate surface area is 75.1 Å². The molecular formula is C8H7ClN2O. The number of hydrogen-bond donors (Lipinski definition) is 0. The molecule has 0 saturated heterocycles. The fourth-order valence-electron chi connectivity index (χ4n) is 0.637. The zero-order chi connectivity index (χ0) is 8.81. The van der Waals surface area contributed by atoms with Crippen LogP contribution in [0.2, 0.25) is 5.02 Å². The maximum Gasteiger partial charge on any atom is 0.151 e. The topological polar surface area (TPSA) is 42.9 Å². The summed E-state index contributed by atoms with van der Waals surface area (Å²) in [6.07, 6.45) is 7.57. The molecule has 0 atom stereocenters. The summed E-state index contributed by atoms with van der Waals surface area (Å²) in [5.74, 6) is 0.557. The molecule has 0 aromatic carbocycles. The van der Waals surface area contributed by atoms with Gasteiger partial charge in [-0.15, -0.1) is 0 Å². The Morgan fingerprint density at radius 1 is 1.42 bits per heavy atom. The molecule has 0 unspecified atom stereocenters. The predicted octanol–water partition coefficient (Wildman–Crippen LogP) is 1.73. The van der Waals surface area contributed by atoms with Crippen LogP contribution in [0.25, 0.3) is 6.08 Å². The van der Waals surface area contributed by atoms with Gasteiger partial charge in [0, 0.05) is 18.8 Å². The maximum absolute atomic E-state index is 9.94. The van der Waals surface area contributed by atoms with Crippen LogP contribution in [0.5, 0.6) is 0 Å². The van der Waals surface area contributed by atoms with Crippen LogP contribution in [-0.2, 0) is 4.79 Å². The molecule has 3 nitrogen and oxygen atoms in total. The molecule has 0 radical (unpaired) electrons. The molecule has 0 aliphatic carbocycles. The molecule has 0 spiro atoms. The predicted molar refractivity (Wildman–Crippen MR) is 46.8 cm³/mol. The zero-order valence-corrected chi connectivity index (χ0v) is 7.03. The van der Waals surface area contributed by atoms with Crippen molar-refractivity contribution in [3.63, 3.8) is 0 Å². The van der Waals surface area contributed by atoms with Crippen LogP contribution in [0.3, 0.4) is 0 Å². The minimum atomic E-state index is 0.381. The van der Waals surface area contributed by atoms with Crippen molar-refractivity contribution in [1.29, 1.82) is 0 Å². The second-order valence-electron chi connectivity index (χ2n) is 2.06. The zero-order valence-electron chi connectivity index (χ0n) is 6.27. The van der Waals surface area contributed by atoms with Crippen molar-refractivity contribution in [2.75, 3.05) is 0 Å². The van der Waals surface area contributed by atoms with E-state index in [-0.39, 0.29) is 0 Å². The highest BCUT2D eigenvalue weighted by Gasteiger charge is 1.89. The first-order chi connectivity index (χ1) is 5.83. The van der Waals surface area contributed by atoms with E-state index < -0.39 is 0 Å². The SMILES string of the molecule is O=CCC=Cc1ncc(Cl)cn1. The highest BCUT2D eigenvalue weighted by atomic mass is 35.5. The molecule has 4 heteroatoms. The van der Waals surface area contributed by atoms with E-state index in [1.54, 1.807) is 12.2 Å². The smallest absolute Gasteiger partial charge is 0.151 e. The first-order valence-corrected chi connectivity index (χ1v) is 3.78. The fourth-order valence-corrected chi connectivity index (χ4v) is 0.735. The minimum absolute atomic E-state index is 0.381. The molecule has 0 bridgehead atoms. The van der Waals surface area contributed by atoms with Gasteiger partial charge in [0.05, 0.1) is 5.02 Å². The lowest BCUT2D eigenvalue weighted by Crippen LogP contribution is -1.84. The van der Waals surface area contributed by atoms with Crippen LogP contribution in [0.1, 0.15) is 12.2 Å². The van der Waals surface area contributed by atoms with Gasteiger partial charge in [0.25, 0.3) is 0 Å². The van der Waals surface area contributed by atoms with Crippen molar-refractivity contribution in [2.45, 2.75) is 6.42 Å². The third-order valence-corrected chi connectivity index (χ3v) is 1.33. The van der Waals surface area contributed by atoms with E-state index in [0.717, 1.165) is 6.29 Å². The molecule has 0 N–H and O–H groups in total. The molecule has 0 aliphatic rings. The molecule has 1 heterocycles. The molecule has 0 aliphatic heterocycles. The van der Waals surface area contributed by atoms with Crippen LogP contribution in [0.4, 0.5) is 0 Å². The molecule has 62 valence electrons. The Kier molecular flexibility index (Phi) is 3.41. The van der Waals surface area contributed by atoms with E-state index in [4.69, 9.17) is 11.6 Å². The molecule has 1 aromatic rings. The van der Waals surface area contributed by atoms with E-state index in [0.29, 0.717) is 17.3 Å². The Morgan fingerprint density at radius 3 is 2.67 bits per heavy atom. The highest BCUT2D eigenvalue weighted by molar-refractivity contribution is 6.30. The van der Waals surface area contributed by atoms with Gasteiger partial charge in [-0.05, 0) is 6.08 Å². The maximum atomic E-state index is 9.94. The first kappa shape index (κ1) is 8.87. The Balaban J connectivity index is 2.64. The fraction of sp³-hybridized carbons (Fsp3) is 0.125. The summed E-state index contributed by atoms with van der Waals surface area (Å²) in [7, 11) is 0. The van der Waals surface area contributed by atoms with Crippen molar-refractivity contribution in [1.82, 2.24) is 9.97 Å². The molecule has 1 rings (SSSR count). The molecule has 0 amide bonds. The van der Waals surface area contributed by atoms with Crippen LogP contribution in [0, 0.1) is 0 Å². The summed E-state index contributed by atoms with van der Waals surface area (Å²) in [5.41, 5.74) is 0. The number of hydrogen-bond acceptors (Lipinski definition) is 3. The van der Waals surface area contributed by atoms with Crippen LogP contribution >= 0.6 is 11.6 Å². The lowest BCUT2D eigenvalue weighted by Gasteiger charge is -1.89. The van der Waals surface area contributed by atoms with Gasteiger partial charge in [0.1, 0.15) is 6.29 Å². The van der Waals surface area contributed by atoms with Crippen molar-refractivity contribution < 1.29 is 4.79 Å². The van der Waals surface area contributed by atoms with Crippen LogP contribution in [-0.4, -0.2) is 16.3 Å². The normalized spacial score (nSPS) is 10.4. The Morgan fingerprint density at radius 2 is 2.08 bits per heavy atom. The summed E-state index contributed by atoms with van der Waals surface area (Å²) < 4.78 is 0. The average molecular weight is 183 g/mol. The van der Waals surface area contributed by atoms with Gasteiger partial charge < -0.3 is 4.79 Å². The standard InChI is InChI=1S/C8H7ClN2O/c9-7-5-10-8(11-6-7)3-1-2-4-12/h1,3-6H,2H2. The van der Waals surface area contributed by atoms with Crippen molar-refractivity contribution in [2.24, 2.45) is 0 Å². The van der Waals surface area contributed by atoms with Gasteiger partial charge >= 0.3 is 0 Å². The number of carbonyl (C=O) groups excluding carboxylic acids is 1. The van der Waals surface area contributed by atoms with E-state index in [9.17, 15) is 4.79 Å². The van der Waals surface area contributed by atoms with E-state index in [1.807, 2.05) is 0 Å². The number of aromatic nitrogens is 2. The Bertz CT molecular complexity index is 282. The van der Waals surface area contributed by atoms with Crippen LogP contribution < -0.4 is 0 Å². The summed E-state index contributed by atoms with van der Waals surface area (Å²) in [4.78, 5) is 17.7. The second kappa shape index (κ2) is 4.62. The first-order valence-electron chi connectivity index (χ1n) is 3.40. The minimum Gasteiger partial charge on any atom is -0.303 e. The molecule has 12 heavy (non-hydrogen) atoms. The molecule has 0 fully saturated rings. The monoisotopic (exact) mass is 182 g/mol. The third kappa shape index (κ3) is 2.80. The van der Waals surface area contributed by atoms with E-state index in [2.05, 4.69) is 9.97 Å². The molecular weight excluding hydrogens is 176 g/mol. The van der Waals surface area contributed by atoms with Gasteiger partial charge in [-0.2, -0.15) is 0 Å². The van der Waals surface area contributed by atoms with Gasteiger partial charge in [0.15, 0.2) is 5.82 Å². The number of allylic oxidation sites excluding steroid dienone is 1. The lowest BCUT2D eigenvalue weighted by atomic mass is 10.4. The van der Waals surface area contributed by atoms with Gasteiger partial charge in [0.2, 0.25) is 0 Å². The number of carbonyl (C=O) groups is 1. The van der Waals surface area contributed by atoms with Gasteiger partial charge in [-0.25, -0.2) is 9.97 Å². The largest absolute Gasteiger partial charge is 0.303 e. The highest BCUT2D eigenvalue weighted by Crippen LogP contribution is 2.03. The number of halogens is 1. The van der Waals surface area contributed by atoms with Gasteiger partial charge in [-0.3, -0.25) is 0 Å². The summed E-state index contributed by atoms with van der Waals surface area (Å²) >= 11 is 5.57. The quantitative estimate of drug-likeness (QED) is 0.669. The van der Waals surface area contributed by atoms with Crippen LogP contribution in [0.15, 0.2) is 18.5 Å². The number of aldehydes is 1. The van der Waals surface area contributed by atoms with Crippen molar-refractivity contribution >= 4 is 24.0 Å². The second-order valence-corrected chi connectivity index (χ2v) is 2.50.